The summed E-state index contributed by atoms with van der Waals surface area (Å²) in [6, 6.07) is 9.62. The highest BCUT2D eigenvalue weighted by Gasteiger charge is 2.10. The lowest BCUT2D eigenvalue weighted by atomic mass is 9.96. The molecule has 2 N–H and O–H groups in total. The number of hydrogen-bond donors (Lipinski definition) is 2. The molecule has 2 nitrogen and oxygen atoms in total. The Balaban J connectivity index is 2.64. The Hall–Kier alpha value is -1.23. The minimum atomic E-state index is -0.367. The Bertz CT molecular complexity index is 570. The average Bonchev–Trinajstić information content (AvgIpc) is 2.38. The van der Waals surface area contributed by atoms with Crippen LogP contribution in [0.3, 0.4) is 0 Å². The molecule has 2 aromatic rings. The minimum absolute atomic E-state index is 0.143. The summed E-state index contributed by atoms with van der Waals surface area (Å²) in [5, 5.41) is 18.7. The van der Waals surface area contributed by atoms with E-state index in [1.807, 2.05) is 6.07 Å². The smallest absolute Gasteiger partial charge is 0.123 e. The maximum atomic E-state index is 13.3. The first kappa shape index (κ1) is 13.2. The van der Waals surface area contributed by atoms with Gasteiger partial charge in [-0.3, -0.25) is 0 Å². The van der Waals surface area contributed by atoms with E-state index in [0.717, 1.165) is 10.0 Å². The Kier molecular flexibility index (Phi) is 4.11. The van der Waals surface area contributed by atoms with Gasteiger partial charge >= 0.3 is 0 Å². The van der Waals surface area contributed by atoms with Gasteiger partial charge in [0.15, 0.2) is 0 Å². The van der Waals surface area contributed by atoms with Crippen LogP contribution in [0.4, 0.5) is 4.39 Å². The van der Waals surface area contributed by atoms with E-state index < -0.39 is 0 Å². The summed E-state index contributed by atoms with van der Waals surface area (Å²) in [4.78, 5) is 0. The third-order valence-corrected chi connectivity index (χ3v) is 3.26. The Morgan fingerprint density at radius 1 is 0.889 bits per heavy atom. The number of rotatable bonds is 3. The lowest BCUT2D eigenvalue weighted by Gasteiger charge is -2.12. The summed E-state index contributed by atoms with van der Waals surface area (Å²) in [5.74, 6) is -0.367. The maximum absolute atomic E-state index is 13.3. The fraction of sp³-hybridized carbons (Fsp3) is 0.143. The molecule has 0 spiro atoms. The van der Waals surface area contributed by atoms with Gasteiger partial charge in [0.2, 0.25) is 0 Å². The van der Waals surface area contributed by atoms with Crippen molar-refractivity contribution in [3.05, 3.63) is 57.8 Å². The number of hydrogen-bond acceptors (Lipinski definition) is 2. The lowest BCUT2D eigenvalue weighted by molar-refractivity contribution is 0.280. The molecule has 18 heavy (non-hydrogen) atoms. The van der Waals surface area contributed by atoms with Crippen LogP contribution in [-0.2, 0) is 13.2 Å². The average molecular weight is 311 g/mol. The number of aliphatic hydroxyl groups excluding tert-OH is 2. The quantitative estimate of drug-likeness (QED) is 0.913. The van der Waals surface area contributed by atoms with Crippen LogP contribution in [-0.4, -0.2) is 10.2 Å². The number of aliphatic hydroxyl groups is 2. The summed E-state index contributed by atoms with van der Waals surface area (Å²) in [7, 11) is 0. The monoisotopic (exact) mass is 310 g/mol. The number of halogens is 2. The van der Waals surface area contributed by atoms with E-state index in [-0.39, 0.29) is 19.0 Å². The largest absolute Gasteiger partial charge is 0.392 e. The van der Waals surface area contributed by atoms with Crippen molar-refractivity contribution < 1.29 is 14.6 Å². The van der Waals surface area contributed by atoms with Crippen LogP contribution < -0.4 is 0 Å². The van der Waals surface area contributed by atoms with Gasteiger partial charge in [0.05, 0.1) is 13.2 Å². The van der Waals surface area contributed by atoms with Crippen molar-refractivity contribution in [1.82, 2.24) is 0 Å². The molecule has 0 bridgehead atoms. The molecule has 4 heteroatoms. The summed E-state index contributed by atoms with van der Waals surface area (Å²) in [5.41, 5.74) is 2.65. The molecule has 0 aliphatic heterocycles. The first-order valence-electron chi connectivity index (χ1n) is 5.44. The first-order chi connectivity index (χ1) is 8.65. The van der Waals surface area contributed by atoms with E-state index in [9.17, 15) is 14.6 Å². The van der Waals surface area contributed by atoms with E-state index in [1.54, 1.807) is 18.2 Å². The van der Waals surface area contributed by atoms with E-state index in [0.29, 0.717) is 16.7 Å². The van der Waals surface area contributed by atoms with Gasteiger partial charge in [-0.2, -0.15) is 0 Å². The van der Waals surface area contributed by atoms with Crippen molar-refractivity contribution in [2.45, 2.75) is 13.2 Å². The maximum Gasteiger partial charge on any atom is 0.123 e. The zero-order chi connectivity index (χ0) is 13.1. The Morgan fingerprint density at radius 3 is 2.28 bits per heavy atom. The molecule has 0 unspecified atom stereocenters. The molecule has 0 aliphatic carbocycles. The summed E-state index contributed by atoms with van der Waals surface area (Å²) < 4.78 is 14.2. The van der Waals surface area contributed by atoms with Gasteiger partial charge in [-0.05, 0) is 46.5 Å². The Morgan fingerprint density at radius 2 is 1.61 bits per heavy atom. The zero-order valence-corrected chi connectivity index (χ0v) is 11.1. The van der Waals surface area contributed by atoms with Crippen molar-refractivity contribution in [3.8, 4) is 11.1 Å². The van der Waals surface area contributed by atoms with E-state index in [4.69, 9.17) is 0 Å². The van der Waals surface area contributed by atoms with Crippen LogP contribution in [0.15, 0.2) is 40.9 Å². The van der Waals surface area contributed by atoms with Gasteiger partial charge in [0.1, 0.15) is 5.82 Å². The van der Waals surface area contributed by atoms with Crippen molar-refractivity contribution in [2.75, 3.05) is 0 Å². The summed E-state index contributed by atoms with van der Waals surface area (Å²) >= 11 is 3.33. The third-order valence-electron chi connectivity index (χ3n) is 2.77. The van der Waals surface area contributed by atoms with Gasteiger partial charge in [-0.1, -0.05) is 28.1 Å². The zero-order valence-electron chi connectivity index (χ0n) is 9.53. The molecule has 2 aromatic carbocycles. The highest BCUT2D eigenvalue weighted by molar-refractivity contribution is 9.10. The second-order valence-corrected chi connectivity index (χ2v) is 4.83. The van der Waals surface area contributed by atoms with E-state index in [1.165, 1.54) is 12.1 Å². The van der Waals surface area contributed by atoms with Crippen LogP contribution in [0.1, 0.15) is 11.1 Å². The van der Waals surface area contributed by atoms with Gasteiger partial charge in [0.25, 0.3) is 0 Å². The molecule has 0 aliphatic rings. The topological polar surface area (TPSA) is 40.5 Å². The van der Waals surface area contributed by atoms with Gasteiger partial charge in [0, 0.05) is 4.47 Å². The van der Waals surface area contributed by atoms with E-state index in [2.05, 4.69) is 15.9 Å². The molecule has 0 saturated heterocycles. The second-order valence-electron chi connectivity index (χ2n) is 3.92. The minimum Gasteiger partial charge on any atom is -0.392 e. The molecular formula is C14H12BrFO2. The third kappa shape index (κ3) is 2.61. The van der Waals surface area contributed by atoms with E-state index >= 15 is 0 Å². The van der Waals surface area contributed by atoms with Crippen molar-refractivity contribution in [1.29, 1.82) is 0 Å². The van der Waals surface area contributed by atoms with Crippen molar-refractivity contribution >= 4 is 15.9 Å². The molecule has 0 atom stereocenters. The molecule has 0 saturated carbocycles. The molecular weight excluding hydrogens is 299 g/mol. The summed E-state index contributed by atoms with van der Waals surface area (Å²) in [6.07, 6.45) is 0. The number of benzene rings is 2. The van der Waals surface area contributed by atoms with Crippen molar-refractivity contribution in [2.24, 2.45) is 0 Å². The van der Waals surface area contributed by atoms with Crippen LogP contribution in [0, 0.1) is 5.82 Å². The van der Waals surface area contributed by atoms with Crippen LogP contribution in [0.2, 0.25) is 0 Å². The predicted molar refractivity (Wildman–Crippen MR) is 71.4 cm³/mol. The summed E-state index contributed by atoms with van der Waals surface area (Å²) in [6.45, 7) is -0.313. The van der Waals surface area contributed by atoms with Crippen LogP contribution in [0.5, 0.6) is 0 Å². The fourth-order valence-electron chi connectivity index (χ4n) is 1.89. The molecule has 0 aromatic heterocycles. The normalized spacial score (nSPS) is 10.7. The predicted octanol–water partition coefficient (Wildman–Crippen LogP) is 3.24. The Labute approximate surface area is 113 Å². The van der Waals surface area contributed by atoms with Gasteiger partial charge < -0.3 is 10.2 Å². The molecule has 0 amide bonds. The van der Waals surface area contributed by atoms with Crippen LogP contribution >= 0.6 is 15.9 Å². The molecule has 0 fully saturated rings. The first-order valence-corrected chi connectivity index (χ1v) is 6.24. The standard InChI is InChI=1S/C14H12BrFO2/c15-11-2-4-13(10(5-11)8-18)14-6-12(16)3-1-9(14)7-17/h1-6,17-18H,7-8H2. The highest BCUT2D eigenvalue weighted by atomic mass is 79.9. The van der Waals surface area contributed by atoms with Gasteiger partial charge in [-0.25, -0.2) is 4.39 Å². The lowest BCUT2D eigenvalue weighted by Crippen LogP contribution is -1.95. The molecule has 94 valence electrons. The van der Waals surface area contributed by atoms with Crippen molar-refractivity contribution in [3.63, 3.8) is 0 Å². The second kappa shape index (κ2) is 5.61. The molecule has 0 radical (unpaired) electrons. The molecule has 2 rings (SSSR count). The van der Waals surface area contributed by atoms with Gasteiger partial charge in [-0.15, -0.1) is 0 Å². The van der Waals surface area contributed by atoms with Crippen LogP contribution in [0.25, 0.3) is 11.1 Å². The fourth-order valence-corrected chi connectivity index (χ4v) is 2.30. The highest BCUT2D eigenvalue weighted by Crippen LogP contribution is 2.30. The SMILES string of the molecule is OCc1cc(Br)ccc1-c1cc(F)ccc1CO. The molecule has 0 heterocycles.